The molecule has 5 rings (SSSR count). The van der Waals surface area contributed by atoms with E-state index in [0.29, 0.717) is 38.3 Å². The Labute approximate surface area is 269 Å². The third kappa shape index (κ3) is 7.79. The number of aromatic nitrogens is 2. The zero-order valence-corrected chi connectivity index (χ0v) is 26.5. The maximum atomic E-state index is 14.2. The molecule has 1 aromatic heterocycles. The minimum atomic E-state index is -5.78. The Bertz CT molecular complexity index is 1860. The molecule has 5 aromatic rings. The van der Waals surface area contributed by atoms with Crippen LogP contribution in [0.4, 0.5) is 22.7 Å². The van der Waals surface area contributed by atoms with Gasteiger partial charge in [0, 0.05) is 29.8 Å². The Morgan fingerprint density at radius 3 is 1.64 bits per heavy atom. The Hall–Kier alpha value is -3.94. The largest absolute Gasteiger partial charge is 0.457 e. The molecule has 246 valence electrons. The number of rotatable bonds is 12. The van der Waals surface area contributed by atoms with Crippen molar-refractivity contribution in [1.29, 1.82) is 0 Å². The summed E-state index contributed by atoms with van der Waals surface area (Å²) in [5, 5.41) is 9.42. The van der Waals surface area contributed by atoms with E-state index in [9.17, 15) is 26.7 Å². The smallest absolute Gasteiger partial charge is 0.399 e. The lowest BCUT2D eigenvalue weighted by Gasteiger charge is -2.23. The van der Waals surface area contributed by atoms with Crippen molar-refractivity contribution in [2.75, 3.05) is 4.90 Å². The lowest BCUT2D eigenvalue weighted by molar-refractivity contribution is 0.0564. The van der Waals surface area contributed by atoms with E-state index in [1.165, 1.54) is 35.6 Å². The van der Waals surface area contributed by atoms with Gasteiger partial charge in [0.15, 0.2) is 0 Å². The van der Waals surface area contributed by atoms with Crippen molar-refractivity contribution in [3.05, 3.63) is 125 Å². The monoisotopic (exact) mass is 709 g/mol. The van der Waals surface area contributed by atoms with E-state index in [1.807, 2.05) is 18.2 Å². The summed E-state index contributed by atoms with van der Waals surface area (Å²) in [7, 11) is -11.6. The zero-order valence-electron chi connectivity index (χ0n) is 23.9. The molecule has 0 atom stereocenters. The third-order valence-electron chi connectivity index (χ3n) is 6.83. The second kappa shape index (κ2) is 13.3. The molecule has 0 bridgehead atoms. The lowest BCUT2D eigenvalue weighted by atomic mass is 10.1. The van der Waals surface area contributed by atoms with Crippen LogP contribution < -0.4 is 9.64 Å². The molecule has 0 unspecified atom stereocenters. The molecule has 0 saturated carbocycles. The summed E-state index contributed by atoms with van der Waals surface area (Å²) in [6.45, 7) is 0.0435. The van der Waals surface area contributed by atoms with Gasteiger partial charge >= 0.3 is 26.5 Å². The highest BCUT2D eigenvalue weighted by atomic mass is 32.1. The van der Waals surface area contributed by atoms with Crippen LogP contribution in [0.2, 0.25) is 0 Å². The fourth-order valence-corrected chi connectivity index (χ4v) is 6.18. The summed E-state index contributed by atoms with van der Waals surface area (Å²) in [4.78, 5) is 37.9. The first-order valence-corrected chi connectivity index (χ1v) is 17.6. The predicted molar refractivity (Wildman–Crippen MR) is 167 cm³/mol. The first-order chi connectivity index (χ1) is 22.0. The maximum Gasteiger partial charge on any atom is 0.399 e. The molecular formula is C30H25F4N3O7P2S. The van der Waals surface area contributed by atoms with E-state index in [4.69, 9.17) is 24.3 Å². The fourth-order valence-electron chi connectivity index (χ4n) is 4.37. The highest BCUT2D eigenvalue weighted by Crippen LogP contribution is 2.60. The van der Waals surface area contributed by atoms with Crippen LogP contribution in [0, 0.1) is 0 Å². The van der Waals surface area contributed by atoms with E-state index in [2.05, 4.69) is 10.2 Å². The first kappa shape index (κ1) is 34.4. The number of halogens is 4. The van der Waals surface area contributed by atoms with Gasteiger partial charge in [-0.05, 0) is 35.4 Å². The van der Waals surface area contributed by atoms with Crippen molar-refractivity contribution in [2.24, 2.45) is 0 Å². The van der Waals surface area contributed by atoms with Gasteiger partial charge in [-0.1, -0.05) is 90.2 Å². The molecule has 0 aliphatic heterocycles. The number of anilines is 1. The molecule has 47 heavy (non-hydrogen) atoms. The van der Waals surface area contributed by atoms with Crippen molar-refractivity contribution in [3.63, 3.8) is 0 Å². The van der Waals surface area contributed by atoms with Crippen LogP contribution in [0.5, 0.6) is 11.5 Å². The van der Waals surface area contributed by atoms with Gasteiger partial charge in [-0.15, -0.1) is 10.2 Å². The fraction of sp³-hybridized carbons (Fsp3) is 0.133. The Kier molecular flexibility index (Phi) is 9.72. The Balaban J connectivity index is 1.44. The number of para-hydroxylation sites is 1. The number of benzene rings is 4. The average molecular weight is 710 g/mol. The molecular weight excluding hydrogens is 684 g/mol. The standard InChI is InChI=1S/C30H25F4N3O7P2S/c31-29(32,45(38,39)40)23-13-9-20(10-14-23)18-37(19-21-11-15-24(16-12-21)30(33,34)46(41,42)43)28-36-35-27(47-28)22-5-4-8-26(17-22)44-25-6-2-1-3-7-25/h1-17H,18-19H2,(H2,38,39,40)(H2,41,42,43). The van der Waals surface area contributed by atoms with Crippen LogP contribution >= 0.6 is 26.5 Å². The number of ether oxygens (including phenoxy) is 1. The van der Waals surface area contributed by atoms with Crippen LogP contribution in [-0.4, -0.2) is 29.8 Å². The van der Waals surface area contributed by atoms with Gasteiger partial charge in [-0.2, -0.15) is 17.6 Å². The summed E-state index contributed by atoms with van der Waals surface area (Å²) in [5.74, 6) is 1.17. The molecule has 0 aliphatic rings. The van der Waals surface area contributed by atoms with Gasteiger partial charge in [0.25, 0.3) is 0 Å². The third-order valence-corrected chi connectivity index (χ3v) is 9.84. The zero-order chi connectivity index (χ0) is 34.0. The van der Waals surface area contributed by atoms with Gasteiger partial charge in [-0.3, -0.25) is 9.13 Å². The Morgan fingerprint density at radius 2 is 1.15 bits per heavy atom. The lowest BCUT2D eigenvalue weighted by Crippen LogP contribution is -2.22. The summed E-state index contributed by atoms with van der Waals surface area (Å²) < 4.78 is 85.4. The van der Waals surface area contributed by atoms with Crippen molar-refractivity contribution < 1.29 is 51.0 Å². The maximum absolute atomic E-state index is 14.2. The molecule has 0 saturated heterocycles. The van der Waals surface area contributed by atoms with Gasteiger partial charge in [-0.25, -0.2) is 0 Å². The summed E-state index contributed by atoms with van der Waals surface area (Å²) >= 11 is 1.17. The molecule has 0 radical (unpaired) electrons. The van der Waals surface area contributed by atoms with Gasteiger partial charge in [0.05, 0.1) is 0 Å². The normalized spacial score (nSPS) is 12.6. The van der Waals surface area contributed by atoms with Crippen LogP contribution in [0.25, 0.3) is 10.6 Å². The second-order valence-corrected chi connectivity index (χ2v) is 14.5. The first-order valence-electron chi connectivity index (χ1n) is 13.5. The summed E-state index contributed by atoms with van der Waals surface area (Å²) in [6, 6.07) is 24.9. The quantitative estimate of drug-likeness (QED) is 0.0750. The van der Waals surface area contributed by atoms with E-state index >= 15 is 0 Å². The predicted octanol–water partition coefficient (Wildman–Crippen LogP) is 7.66. The minimum Gasteiger partial charge on any atom is -0.457 e. The average Bonchev–Trinajstić information content (AvgIpc) is 3.52. The van der Waals surface area contributed by atoms with Crippen LogP contribution in [0.1, 0.15) is 22.3 Å². The van der Waals surface area contributed by atoms with Crippen molar-refractivity contribution in [1.82, 2.24) is 10.2 Å². The van der Waals surface area contributed by atoms with Gasteiger partial charge in [0.1, 0.15) is 16.5 Å². The molecule has 1 heterocycles. The molecule has 0 amide bonds. The van der Waals surface area contributed by atoms with E-state index in [-0.39, 0.29) is 13.1 Å². The number of hydrogen-bond acceptors (Lipinski definition) is 7. The second-order valence-electron chi connectivity index (χ2n) is 10.3. The minimum absolute atomic E-state index is 0.0218. The van der Waals surface area contributed by atoms with Crippen molar-refractivity contribution >= 4 is 31.7 Å². The molecule has 0 fully saturated rings. The van der Waals surface area contributed by atoms with E-state index in [0.717, 1.165) is 24.3 Å². The number of nitrogens with zero attached hydrogens (tertiary/aromatic N) is 3. The van der Waals surface area contributed by atoms with E-state index in [1.54, 1.807) is 41.3 Å². The molecule has 17 heteroatoms. The van der Waals surface area contributed by atoms with Crippen LogP contribution in [-0.2, 0) is 33.5 Å². The summed E-state index contributed by atoms with van der Waals surface area (Å²) in [6.07, 6.45) is 0. The van der Waals surface area contributed by atoms with Gasteiger partial charge in [0.2, 0.25) is 5.13 Å². The molecule has 4 N–H and O–H groups in total. The van der Waals surface area contributed by atoms with Crippen molar-refractivity contribution in [2.45, 2.75) is 24.4 Å². The van der Waals surface area contributed by atoms with Crippen LogP contribution in [0.3, 0.4) is 0 Å². The summed E-state index contributed by atoms with van der Waals surface area (Å²) in [5.41, 5.74) is -8.98. The Morgan fingerprint density at radius 1 is 0.660 bits per heavy atom. The molecule has 0 aliphatic carbocycles. The molecule has 10 nitrogen and oxygen atoms in total. The number of alkyl halides is 4. The van der Waals surface area contributed by atoms with Gasteiger partial charge < -0.3 is 29.2 Å². The SMILES string of the molecule is O=P(O)(O)C(F)(F)c1ccc(CN(Cc2ccc(C(F)(F)P(=O)(O)O)cc2)c2nnc(-c3cccc(Oc4ccccc4)c3)s2)cc1. The molecule has 4 aromatic carbocycles. The van der Waals surface area contributed by atoms with Crippen LogP contribution in [0.15, 0.2) is 103 Å². The highest BCUT2D eigenvalue weighted by molar-refractivity contribution is 7.52. The van der Waals surface area contributed by atoms with E-state index < -0.39 is 37.6 Å². The van der Waals surface area contributed by atoms with Crippen molar-refractivity contribution in [3.8, 4) is 22.1 Å². The topological polar surface area (TPSA) is 153 Å². The highest BCUT2D eigenvalue weighted by Gasteiger charge is 2.51. The number of hydrogen-bond donors (Lipinski definition) is 4. The molecule has 0 spiro atoms.